The van der Waals surface area contributed by atoms with Gasteiger partial charge in [-0.1, -0.05) is 13.8 Å². The normalized spacial score (nSPS) is 13.7. The molecule has 2 rings (SSSR count). The topological polar surface area (TPSA) is 76.1 Å². The summed E-state index contributed by atoms with van der Waals surface area (Å²) in [6, 6.07) is 5.23. The number of hydrogen-bond acceptors (Lipinski definition) is 4. The number of carboxylic acids is 1. The van der Waals surface area contributed by atoms with Crippen molar-refractivity contribution in [2.75, 3.05) is 19.8 Å². The molecule has 6 heteroatoms. The summed E-state index contributed by atoms with van der Waals surface area (Å²) in [6.07, 6.45) is 2.10. The number of carbonyl (C=O) groups is 2. The molecule has 0 bridgehead atoms. The maximum Gasteiger partial charge on any atom is 0.341 e. The van der Waals surface area contributed by atoms with Crippen molar-refractivity contribution >= 4 is 11.9 Å². The van der Waals surface area contributed by atoms with Crippen LogP contribution in [0.3, 0.4) is 0 Å². The van der Waals surface area contributed by atoms with E-state index in [1.54, 1.807) is 18.2 Å². The minimum Gasteiger partial charge on any atom is -0.490 e. The zero-order chi connectivity index (χ0) is 17.7. The van der Waals surface area contributed by atoms with E-state index >= 15 is 0 Å². The zero-order valence-corrected chi connectivity index (χ0v) is 14.4. The second-order valence-electron chi connectivity index (χ2n) is 6.36. The van der Waals surface area contributed by atoms with Gasteiger partial charge in [-0.3, -0.25) is 4.79 Å². The van der Waals surface area contributed by atoms with Crippen LogP contribution in [0.15, 0.2) is 18.2 Å². The molecule has 0 aromatic heterocycles. The first kappa shape index (κ1) is 18.1. The van der Waals surface area contributed by atoms with Gasteiger partial charge in [-0.25, -0.2) is 4.79 Å². The molecule has 0 spiro atoms. The van der Waals surface area contributed by atoms with Crippen LogP contribution >= 0.6 is 0 Å². The Morgan fingerprint density at radius 3 is 2.50 bits per heavy atom. The van der Waals surface area contributed by atoms with E-state index in [1.165, 1.54) is 0 Å². The summed E-state index contributed by atoms with van der Waals surface area (Å²) in [5, 5.41) is 8.74. The largest absolute Gasteiger partial charge is 0.490 e. The summed E-state index contributed by atoms with van der Waals surface area (Å²) in [5.74, 6) is 0.0491. The molecule has 1 fully saturated rings. The fourth-order valence-corrected chi connectivity index (χ4v) is 2.51. The Hall–Kier alpha value is -2.24. The maximum atomic E-state index is 12.8. The second kappa shape index (κ2) is 8.04. The Morgan fingerprint density at radius 1 is 1.25 bits per heavy atom. The first-order valence-corrected chi connectivity index (χ1v) is 8.34. The maximum absolute atomic E-state index is 12.8. The number of carboxylic acid groups (broad SMARTS) is 1. The van der Waals surface area contributed by atoms with Crippen molar-refractivity contribution in [1.29, 1.82) is 0 Å². The molecule has 1 aliphatic rings. The van der Waals surface area contributed by atoms with Crippen molar-refractivity contribution in [3.05, 3.63) is 23.8 Å². The van der Waals surface area contributed by atoms with Crippen molar-refractivity contribution in [1.82, 2.24) is 4.90 Å². The number of nitrogens with zero attached hydrogens (tertiary/aromatic N) is 1. The van der Waals surface area contributed by atoms with E-state index in [-0.39, 0.29) is 5.91 Å². The van der Waals surface area contributed by atoms with Crippen LogP contribution in [0.2, 0.25) is 0 Å². The minimum absolute atomic E-state index is 0.0167. The van der Waals surface area contributed by atoms with Gasteiger partial charge in [0.2, 0.25) is 0 Å². The number of aliphatic carboxylic acids is 1. The first-order valence-electron chi connectivity index (χ1n) is 8.34. The number of carbonyl (C=O) groups excluding carboxylic acids is 1. The summed E-state index contributed by atoms with van der Waals surface area (Å²) in [6.45, 7) is 6.69. The Kier molecular flexibility index (Phi) is 6.06. The van der Waals surface area contributed by atoms with E-state index in [1.807, 2.05) is 11.8 Å². The lowest BCUT2D eigenvalue weighted by Gasteiger charge is -2.25. The molecular formula is C18H25NO5. The van der Waals surface area contributed by atoms with Crippen LogP contribution in [-0.4, -0.2) is 47.7 Å². The lowest BCUT2D eigenvalue weighted by atomic mass is 10.1. The number of rotatable bonds is 9. The van der Waals surface area contributed by atoms with Crippen molar-refractivity contribution in [2.24, 2.45) is 5.92 Å². The smallest absolute Gasteiger partial charge is 0.341 e. The number of benzene rings is 1. The number of hydrogen-bond donors (Lipinski definition) is 1. The molecule has 0 aliphatic heterocycles. The molecule has 132 valence electrons. The van der Waals surface area contributed by atoms with Crippen LogP contribution in [-0.2, 0) is 4.79 Å². The Balaban J connectivity index is 2.20. The summed E-state index contributed by atoms with van der Waals surface area (Å²) in [5.41, 5.74) is 0.536. The van der Waals surface area contributed by atoms with E-state index in [2.05, 4.69) is 13.8 Å². The molecule has 0 radical (unpaired) electrons. The van der Waals surface area contributed by atoms with Gasteiger partial charge in [0.1, 0.15) is 0 Å². The molecule has 1 saturated carbocycles. The van der Waals surface area contributed by atoms with E-state index in [4.69, 9.17) is 14.6 Å². The van der Waals surface area contributed by atoms with Crippen molar-refractivity contribution < 1.29 is 24.2 Å². The first-order chi connectivity index (χ1) is 11.4. The zero-order valence-electron chi connectivity index (χ0n) is 14.4. The number of amides is 1. The van der Waals surface area contributed by atoms with E-state index in [0.717, 1.165) is 19.4 Å². The van der Waals surface area contributed by atoms with E-state index < -0.39 is 12.6 Å². The molecule has 1 aromatic carbocycles. The lowest BCUT2D eigenvalue weighted by Crippen LogP contribution is -2.36. The quantitative estimate of drug-likeness (QED) is 0.751. The summed E-state index contributed by atoms with van der Waals surface area (Å²) in [7, 11) is 0. The highest BCUT2D eigenvalue weighted by Crippen LogP contribution is 2.32. The average molecular weight is 335 g/mol. The lowest BCUT2D eigenvalue weighted by molar-refractivity contribution is -0.139. The SMILES string of the molecule is CCOc1cc(C(=O)N(CC(C)C)C2CC2)ccc1OCC(=O)O. The molecule has 6 nitrogen and oxygen atoms in total. The van der Waals surface area contributed by atoms with E-state index in [0.29, 0.717) is 35.6 Å². The van der Waals surface area contributed by atoms with Gasteiger partial charge in [-0.05, 0) is 43.9 Å². The second-order valence-corrected chi connectivity index (χ2v) is 6.36. The molecule has 0 atom stereocenters. The van der Waals surface area contributed by atoms with Crippen LogP contribution in [0.1, 0.15) is 44.0 Å². The van der Waals surface area contributed by atoms with E-state index in [9.17, 15) is 9.59 Å². The minimum atomic E-state index is -1.06. The third kappa shape index (κ3) is 4.88. The Bertz CT molecular complexity index is 595. The fraction of sp³-hybridized carbons (Fsp3) is 0.556. The molecule has 1 amide bonds. The van der Waals surface area contributed by atoms with Gasteiger partial charge in [0.15, 0.2) is 18.1 Å². The van der Waals surface area contributed by atoms with Gasteiger partial charge in [-0.15, -0.1) is 0 Å². The number of ether oxygens (including phenoxy) is 2. The summed E-state index contributed by atoms with van der Waals surface area (Å²) >= 11 is 0. The van der Waals surface area contributed by atoms with Crippen LogP contribution in [0.5, 0.6) is 11.5 Å². The molecule has 0 unspecified atom stereocenters. The van der Waals surface area contributed by atoms with Crippen LogP contribution < -0.4 is 9.47 Å². The molecule has 1 aromatic rings. The van der Waals surface area contributed by atoms with Crippen LogP contribution in [0.25, 0.3) is 0 Å². The van der Waals surface area contributed by atoms with Gasteiger partial charge in [-0.2, -0.15) is 0 Å². The van der Waals surface area contributed by atoms with Crippen molar-refractivity contribution in [3.8, 4) is 11.5 Å². The van der Waals surface area contributed by atoms with Gasteiger partial charge in [0.25, 0.3) is 5.91 Å². The molecule has 0 heterocycles. The standard InChI is InChI=1S/C18H25NO5/c1-4-23-16-9-13(5-8-15(16)24-11-17(20)21)18(22)19(10-12(2)3)14-6-7-14/h5,8-9,12,14H,4,6-7,10-11H2,1-3H3,(H,20,21). The summed E-state index contributed by atoms with van der Waals surface area (Å²) < 4.78 is 10.7. The van der Waals surface area contributed by atoms with Crippen LogP contribution in [0, 0.1) is 5.92 Å². The monoisotopic (exact) mass is 335 g/mol. The fourth-order valence-electron chi connectivity index (χ4n) is 2.51. The molecular weight excluding hydrogens is 310 g/mol. The highest BCUT2D eigenvalue weighted by molar-refractivity contribution is 5.95. The van der Waals surface area contributed by atoms with Crippen molar-refractivity contribution in [3.63, 3.8) is 0 Å². The Morgan fingerprint density at radius 2 is 1.96 bits per heavy atom. The third-order valence-electron chi connectivity index (χ3n) is 3.65. The predicted molar refractivity (Wildman–Crippen MR) is 89.6 cm³/mol. The molecule has 0 saturated heterocycles. The van der Waals surface area contributed by atoms with Gasteiger partial charge >= 0.3 is 5.97 Å². The highest BCUT2D eigenvalue weighted by Gasteiger charge is 2.33. The molecule has 1 aliphatic carbocycles. The van der Waals surface area contributed by atoms with Gasteiger partial charge < -0.3 is 19.5 Å². The Labute approximate surface area is 142 Å². The van der Waals surface area contributed by atoms with Crippen LogP contribution in [0.4, 0.5) is 0 Å². The molecule has 1 N–H and O–H groups in total. The predicted octanol–water partition coefficient (Wildman–Crippen LogP) is 2.81. The van der Waals surface area contributed by atoms with Gasteiger partial charge in [0, 0.05) is 18.2 Å². The molecule has 24 heavy (non-hydrogen) atoms. The third-order valence-corrected chi connectivity index (χ3v) is 3.65. The average Bonchev–Trinajstić information content (AvgIpc) is 3.35. The van der Waals surface area contributed by atoms with Gasteiger partial charge in [0.05, 0.1) is 6.61 Å². The van der Waals surface area contributed by atoms with Crippen molar-refractivity contribution in [2.45, 2.75) is 39.7 Å². The highest BCUT2D eigenvalue weighted by atomic mass is 16.5. The summed E-state index contributed by atoms with van der Waals surface area (Å²) in [4.78, 5) is 25.4.